The maximum absolute atomic E-state index is 5.60. The lowest BCUT2D eigenvalue weighted by molar-refractivity contribution is 0.140. The predicted octanol–water partition coefficient (Wildman–Crippen LogP) is 6.13. The number of fused-ring (bicyclic) bond motifs is 3. The molecule has 0 bridgehead atoms. The van der Waals surface area contributed by atoms with Crippen molar-refractivity contribution < 1.29 is 4.74 Å². The van der Waals surface area contributed by atoms with Gasteiger partial charge in [-0.2, -0.15) is 0 Å². The minimum atomic E-state index is 0.721. The normalized spacial score (nSPS) is 11.6. The van der Waals surface area contributed by atoms with Gasteiger partial charge in [-0.05, 0) is 57.4 Å². The minimum absolute atomic E-state index is 0.721. The van der Waals surface area contributed by atoms with Crippen LogP contribution in [0.5, 0.6) is 0 Å². The van der Waals surface area contributed by atoms with Crippen LogP contribution in [0.1, 0.15) is 29.3 Å². The van der Waals surface area contributed by atoms with Gasteiger partial charge in [0.15, 0.2) is 0 Å². The van der Waals surface area contributed by atoms with E-state index in [0.717, 1.165) is 31.0 Å². The van der Waals surface area contributed by atoms with E-state index in [2.05, 4.69) is 74.9 Å². The van der Waals surface area contributed by atoms with E-state index in [4.69, 9.17) is 9.72 Å². The van der Waals surface area contributed by atoms with Crippen LogP contribution in [0.3, 0.4) is 0 Å². The molecule has 3 heteroatoms. The number of para-hydroxylation sites is 1. The fourth-order valence-corrected chi connectivity index (χ4v) is 4.45. The lowest BCUT2D eigenvalue weighted by Gasteiger charge is -2.15. The molecule has 0 saturated carbocycles. The van der Waals surface area contributed by atoms with E-state index in [1.165, 1.54) is 44.1 Å². The second-order valence-corrected chi connectivity index (χ2v) is 7.64. The zero-order chi connectivity index (χ0) is 19.8. The summed E-state index contributed by atoms with van der Waals surface area (Å²) in [5.41, 5.74) is 9.84. The Morgan fingerprint density at radius 3 is 2.43 bits per heavy atom. The molecule has 0 aliphatic rings. The van der Waals surface area contributed by atoms with Crippen LogP contribution in [0.25, 0.3) is 32.9 Å². The number of pyridine rings is 1. The Hall–Kier alpha value is -2.65. The van der Waals surface area contributed by atoms with Crippen molar-refractivity contribution in [2.75, 3.05) is 13.2 Å². The molecule has 0 N–H and O–H groups in total. The Morgan fingerprint density at radius 2 is 1.71 bits per heavy atom. The molecule has 0 aliphatic heterocycles. The molecule has 4 aromatic rings. The Balaban J connectivity index is 2.00. The Kier molecular flexibility index (Phi) is 4.94. The number of hydrogen-bond acceptors (Lipinski definition) is 2. The van der Waals surface area contributed by atoms with E-state index >= 15 is 0 Å². The van der Waals surface area contributed by atoms with Gasteiger partial charge < -0.3 is 9.30 Å². The van der Waals surface area contributed by atoms with E-state index < -0.39 is 0 Å². The first-order chi connectivity index (χ1) is 13.5. The van der Waals surface area contributed by atoms with Gasteiger partial charge in [0, 0.05) is 41.4 Å². The average molecular weight is 373 g/mol. The van der Waals surface area contributed by atoms with Gasteiger partial charge in [0.05, 0.1) is 17.6 Å². The van der Waals surface area contributed by atoms with Crippen molar-refractivity contribution in [2.24, 2.45) is 0 Å². The second-order valence-electron chi connectivity index (χ2n) is 7.64. The summed E-state index contributed by atoms with van der Waals surface area (Å²) < 4.78 is 7.90. The first kappa shape index (κ1) is 18.7. The van der Waals surface area contributed by atoms with Gasteiger partial charge in [-0.3, -0.25) is 4.98 Å². The minimum Gasteiger partial charge on any atom is -0.380 e. The highest BCUT2D eigenvalue weighted by atomic mass is 16.5. The maximum Gasteiger partial charge on any atom is 0.0805 e. The molecule has 3 nitrogen and oxygen atoms in total. The molecule has 28 heavy (non-hydrogen) atoms. The molecule has 0 radical (unpaired) electrons. The Morgan fingerprint density at radius 1 is 0.964 bits per heavy atom. The molecular weight excluding hydrogens is 344 g/mol. The summed E-state index contributed by atoms with van der Waals surface area (Å²) >= 11 is 0. The van der Waals surface area contributed by atoms with E-state index in [9.17, 15) is 0 Å². The van der Waals surface area contributed by atoms with Gasteiger partial charge in [0.2, 0.25) is 0 Å². The molecule has 0 saturated heterocycles. The van der Waals surface area contributed by atoms with Crippen molar-refractivity contribution in [1.82, 2.24) is 9.55 Å². The van der Waals surface area contributed by atoms with Crippen LogP contribution in [0.15, 0.2) is 42.6 Å². The summed E-state index contributed by atoms with van der Waals surface area (Å²) in [5, 5.41) is 2.43. The number of benzene rings is 2. The quantitative estimate of drug-likeness (QED) is 0.394. The Labute approximate surface area is 167 Å². The maximum atomic E-state index is 5.60. The zero-order valence-corrected chi connectivity index (χ0v) is 17.5. The molecule has 2 aromatic heterocycles. The number of ether oxygens (including phenoxy) is 1. The van der Waals surface area contributed by atoms with E-state index in [1.54, 1.807) is 0 Å². The smallest absolute Gasteiger partial charge is 0.0805 e. The molecule has 0 spiro atoms. The largest absolute Gasteiger partial charge is 0.380 e. The molecule has 0 atom stereocenters. The number of hydrogen-bond donors (Lipinski definition) is 0. The standard InChI is InChI=1S/C25H28N2O/c1-6-28-13-12-27-11-10-20-19(5)26-24-21(8-7-9-22(24)25(20)27)23-17(3)14-16(2)15-18(23)4/h7-11,14-15H,6,12-13H2,1-5H3. The highest BCUT2D eigenvalue weighted by Gasteiger charge is 2.16. The van der Waals surface area contributed by atoms with Crippen LogP contribution >= 0.6 is 0 Å². The molecule has 2 heterocycles. The summed E-state index contributed by atoms with van der Waals surface area (Å²) in [4.78, 5) is 5.05. The molecule has 0 amide bonds. The SMILES string of the molecule is CCOCCn1ccc2c(C)nc3c(-c4c(C)cc(C)cc4C)cccc3c21. The van der Waals surface area contributed by atoms with Gasteiger partial charge >= 0.3 is 0 Å². The number of rotatable bonds is 5. The van der Waals surface area contributed by atoms with Crippen molar-refractivity contribution in [3.05, 3.63) is 65.0 Å². The van der Waals surface area contributed by atoms with Crippen molar-refractivity contribution in [1.29, 1.82) is 0 Å². The van der Waals surface area contributed by atoms with Gasteiger partial charge in [-0.1, -0.05) is 35.9 Å². The van der Waals surface area contributed by atoms with Crippen LogP contribution in [0.2, 0.25) is 0 Å². The fraction of sp³-hybridized carbons (Fsp3) is 0.320. The molecule has 4 rings (SSSR count). The topological polar surface area (TPSA) is 27.1 Å². The van der Waals surface area contributed by atoms with E-state index in [1.807, 2.05) is 6.92 Å². The van der Waals surface area contributed by atoms with Crippen LogP contribution in [-0.2, 0) is 11.3 Å². The van der Waals surface area contributed by atoms with Crippen molar-refractivity contribution >= 4 is 21.8 Å². The summed E-state index contributed by atoms with van der Waals surface area (Å²) in [6, 6.07) is 13.3. The monoisotopic (exact) mass is 372 g/mol. The molecular formula is C25H28N2O. The number of aryl methyl sites for hydroxylation is 4. The highest BCUT2D eigenvalue weighted by Crippen LogP contribution is 2.36. The Bertz CT molecular complexity index is 1150. The second kappa shape index (κ2) is 7.40. The third kappa shape index (κ3) is 3.10. The molecule has 0 fully saturated rings. The lowest BCUT2D eigenvalue weighted by Crippen LogP contribution is -2.05. The fourth-order valence-electron chi connectivity index (χ4n) is 4.45. The van der Waals surface area contributed by atoms with Crippen LogP contribution < -0.4 is 0 Å². The summed E-state index contributed by atoms with van der Waals surface area (Å²) in [5.74, 6) is 0. The number of aromatic nitrogens is 2. The molecule has 144 valence electrons. The van der Waals surface area contributed by atoms with Crippen LogP contribution in [-0.4, -0.2) is 22.8 Å². The molecule has 0 unspecified atom stereocenters. The summed E-state index contributed by atoms with van der Waals surface area (Å²) in [6.07, 6.45) is 2.16. The third-order valence-corrected chi connectivity index (χ3v) is 5.55. The van der Waals surface area contributed by atoms with Crippen LogP contribution in [0, 0.1) is 27.7 Å². The van der Waals surface area contributed by atoms with Crippen molar-refractivity contribution in [3.63, 3.8) is 0 Å². The van der Waals surface area contributed by atoms with Gasteiger partial charge in [-0.15, -0.1) is 0 Å². The van der Waals surface area contributed by atoms with Crippen LogP contribution in [0.4, 0.5) is 0 Å². The highest BCUT2D eigenvalue weighted by molar-refractivity contribution is 6.09. The molecule has 0 aliphatic carbocycles. The summed E-state index contributed by atoms with van der Waals surface area (Å²) in [6.45, 7) is 13.0. The zero-order valence-electron chi connectivity index (χ0n) is 17.5. The van der Waals surface area contributed by atoms with Gasteiger partial charge in [0.25, 0.3) is 0 Å². The van der Waals surface area contributed by atoms with Crippen molar-refractivity contribution in [2.45, 2.75) is 41.2 Å². The summed E-state index contributed by atoms with van der Waals surface area (Å²) in [7, 11) is 0. The predicted molar refractivity (Wildman–Crippen MR) is 118 cm³/mol. The van der Waals surface area contributed by atoms with E-state index in [0.29, 0.717) is 0 Å². The third-order valence-electron chi connectivity index (χ3n) is 5.55. The number of nitrogens with zero attached hydrogens (tertiary/aromatic N) is 2. The molecule has 2 aromatic carbocycles. The van der Waals surface area contributed by atoms with Gasteiger partial charge in [-0.25, -0.2) is 0 Å². The van der Waals surface area contributed by atoms with Gasteiger partial charge in [0.1, 0.15) is 0 Å². The van der Waals surface area contributed by atoms with E-state index in [-0.39, 0.29) is 0 Å². The van der Waals surface area contributed by atoms with Crippen molar-refractivity contribution in [3.8, 4) is 11.1 Å². The average Bonchev–Trinajstić information content (AvgIpc) is 3.07. The first-order valence-corrected chi connectivity index (χ1v) is 10.1. The first-order valence-electron chi connectivity index (χ1n) is 10.1. The lowest BCUT2D eigenvalue weighted by atomic mass is 9.92.